The zero-order valence-corrected chi connectivity index (χ0v) is 19.3. The monoisotopic (exact) mass is 388 g/mol. The highest BCUT2D eigenvalue weighted by Crippen LogP contribution is 2.61. The second-order valence-corrected chi connectivity index (χ2v) is 12.4. The van der Waals surface area contributed by atoms with Crippen LogP contribution in [0.5, 0.6) is 0 Å². The predicted molar refractivity (Wildman–Crippen MR) is 112 cm³/mol. The zero-order chi connectivity index (χ0) is 20.3. The molecule has 4 heteroatoms. The summed E-state index contributed by atoms with van der Waals surface area (Å²) >= 11 is 0. The van der Waals surface area contributed by atoms with E-state index >= 15 is 0 Å². The van der Waals surface area contributed by atoms with Gasteiger partial charge in [-0.15, -0.1) is 0 Å². The molecule has 2 unspecified atom stereocenters. The lowest BCUT2D eigenvalue weighted by atomic mass is 9.51. The molecule has 0 bridgehead atoms. The van der Waals surface area contributed by atoms with E-state index in [1.807, 2.05) is 0 Å². The Morgan fingerprint density at radius 3 is 1.65 bits per heavy atom. The van der Waals surface area contributed by atoms with Crippen LogP contribution in [-0.2, 0) is 10.1 Å². The van der Waals surface area contributed by atoms with Crippen LogP contribution in [0.4, 0.5) is 0 Å². The van der Waals surface area contributed by atoms with E-state index in [2.05, 4.69) is 55.4 Å². The molecule has 1 fully saturated rings. The maximum Gasteiger partial charge on any atom is 0.271 e. The Morgan fingerprint density at radius 2 is 1.31 bits per heavy atom. The molecule has 26 heavy (non-hydrogen) atoms. The summed E-state index contributed by atoms with van der Waals surface area (Å²) in [6, 6.07) is 0. The van der Waals surface area contributed by atoms with Gasteiger partial charge in [0.25, 0.3) is 10.1 Å². The van der Waals surface area contributed by atoms with Gasteiger partial charge >= 0.3 is 0 Å². The van der Waals surface area contributed by atoms with Crippen molar-refractivity contribution in [3.63, 3.8) is 0 Å². The Kier molecular flexibility index (Phi) is 8.24. The van der Waals surface area contributed by atoms with Gasteiger partial charge in [0.2, 0.25) is 0 Å². The maximum atomic E-state index is 13.0. The molecule has 0 heterocycles. The van der Waals surface area contributed by atoms with Crippen molar-refractivity contribution in [3.05, 3.63) is 0 Å². The summed E-state index contributed by atoms with van der Waals surface area (Å²) in [6.45, 7) is 17.5. The first-order chi connectivity index (χ1) is 11.8. The largest absolute Gasteiger partial charge is 0.285 e. The van der Waals surface area contributed by atoms with Gasteiger partial charge in [-0.25, -0.2) is 0 Å². The molecule has 0 saturated heterocycles. The predicted octanol–water partition coefficient (Wildman–Crippen LogP) is 6.58. The molecule has 0 spiro atoms. The summed E-state index contributed by atoms with van der Waals surface area (Å²) in [5, 5.41) is 0. The third-order valence-electron chi connectivity index (χ3n) is 6.35. The second kappa shape index (κ2) is 8.94. The van der Waals surface area contributed by atoms with Crippen molar-refractivity contribution in [1.82, 2.24) is 0 Å². The van der Waals surface area contributed by atoms with Gasteiger partial charge < -0.3 is 0 Å². The minimum Gasteiger partial charge on any atom is -0.285 e. The highest BCUT2D eigenvalue weighted by atomic mass is 32.2. The lowest BCUT2D eigenvalue weighted by Crippen LogP contribution is -2.61. The van der Waals surface area contributed by atoms with E-state index in [0.717, 1.165) is 32.1 Å². The van der Waals surface area contributed by atoms with Crippen LogP contribution in [0.15, 0.2) is 0 Å². The molecule has 0 aromatic heterocycles. The quantitative estimate of drug-likeness (QED) is 0.454. The molecule has 1 rings (SSSR count). The van der Waals surface area contributed by atoms with Gasteiger partial charge in [0.15, 0.2) is 0 Å². The Hall–Kier alpha value is -0.0900. The lowest BCUT2D eigenvalue weighted by molar-refractivity contribution is -0.0227. The molecule has 1 N–H and O–H groups in total. The average molecular weight is 389 g/mol. The van der Waals surface area contributed by atoms with Crippen LogP contribution >= 0.6 is 0 Å². The van der Waals surface area contributed by atoms with Gasteiger partial charge in [-0.2, -0.15) is 8.42 Å². The molecule has 0 aromatic carbocycles. The van der Waals surface area contributed by atoms with Crippen LogP contribution in [-0.4, -0.2) is 17.7 Å². The van der Waals surface area contributed by atoms with E-state index < -0.39 is 14.9 Å². The summed E-state index contributed by atoms with van der Waals surface area (Å²) in [7, 11) is -4.15. The number of hydrogen-bond acceptors (Lipinski definition) is 2. The third-order valence-corrected chi connectivity index (χ3v) is 8.12. The highest BCUT2D eigenvalue weighted by molar-refractivity contribution is 7.87. The maximum absolute atomic E-state index is 13.0. The van der Waals surface area contributed by atoms with E-state index in [1.54, 1.807) is 0 Å². The molecule has 1 saturated carbocycles. The van der Waals surface area contributed by atoms with Crippen molar-refractivity contribution < 1.29 is 13.0 Å². The van der Waals surface area contributed by atoms with Crippen LogP contribution in [0.2, 0.25) is 0 Å². The fourth-order valence-electron chi connectivity index (χ4n) is 6.15. The summed E-state index contributed by atoms with van der Waals surface area (Å²) in [4.78, 5) is 0. The summed E-state index contributed by atoms with van der Waals surface area (Å²) in [5.41, 5.74) is -0.338. The van der Waals surface area contributed by atoms with E-state index in [4.69, 9.17) is 0 Å². The zero-order valence-electron chi connectivity index (χ0n) is 18.5. The summed E-state index contributed by atoms with van der Waals surface area (Å²) in [5.74, 6) is 1.97. The first-order valence-electron chi connectivity index (χ1n) is 10.7. The fraction of sp³-hybridized carbons (Fsp3) is 1.00. The van der Waals surface area contributed by atoms with E-state index in [1.165, 1.54) is 0 Å². The van der Waals surface area contributed by atoms with Crippen LogP contribution in [0.25, 0.3) is 0 Å². The minimum atomic E-state index is -4.15. The molecule has 1 aliphatic rings. The van der Waals surface area contributed by atoms with Crippen molar-refractivity contribution in [3.8, 4) is 0 Å². The highest BCUT2D eigenvalue weighted by Gasteiger charge is 2.63. The van der Waals surface area contributed by atoms with Crippen molar-refractivity contribution in [2.24, 2.45) is 35.0 Å². The Bertz CT molecular complexity index is 524. The molecule has 3 nitrogen and oxygen atoms in total. The Morgan fingerprint density at radius 1 is 0.846 bits per heavy atom. The average Bonchev–Trinajstić information content (AvgIpc) is 2.39. The number of rotatable bonds is 9. The molecule has 0 aromatic rings. The smallest absolute Gasteiger partial charge is 0.271 e. The molecular weight excluding hydrogens is 344 g/mol. The fourth-order valence-corrected chi connectivity index (χ4v) is 7.94. The summed E-state index contributed by atoms with van der Waals surface area (Å²) in [6.07, 6.45) is 5.99. The molecule has 0 radical (unpaired) electrons. The second-order valence-electron chi connectivity index (χ2n) is 10.6. The van der Waals surface area contributed by atoms with Crippen molar-refractivity contribution in [1.29, 1.82) is 0 Å². The molecule has 156 valence electrons. The topological polar surface area (TPSA) is 54.4 Å². The van der Waals surface area contributed by atoms with Gasteiger partial charge in [0.05, 0.1) is 0 Å². The number of hydrogen-bond donors (Lipinski definition) is 1. The van der Waals surface area contributed by atoms with Crippen LogP contribution in [0.3, 0.4) is 0 Å². The molecule has 0 aliphatic heterocycles. The molecule has 2 atom stereocenters. The van der Waals surface area contributed by atoms with Gasteiger partial charge in [-0.1, -0.05) is 61.8 Å². The molecule has 1 aliphatic carbocycles. The minimum absolute atomic E-state index is 0.244. The van der Waals surface area contributed by atoms with Gasteiger partial charge in [-0.05, 0) is 73.5 Å². The van der Waals surface area contributed by atoms with Crippen LogP contribution in [0.1, 0.15) is 100 Å². The Labute approximate surface area is 163 Å². The summed E-state index contributed by atoms with van der Waals surface area (Å²) < 4.78 is 35.6. The van der Waals surface area contributed by atoms with Crippen molar-refractivity contribution in [2.75, 3.05) is 0 Å². The van der Waals surface area contributed by atoms with E-state index in [0.29, 0.717) is 36.5 Å². The first kappa shape index (κ1) is 23.9. The van der Waals surface area contributed by atoms with Gasteiger partial charge in [0.1, 0.15) is 4.75 Å². The third kappa shape index (κ3) is 5.04. The molecular formula is C22H44O3S. The standard InChI is InChI=1S/C22H44O3S/c1-16(2)12-20-10-9-11-22(15-19(7)8,26(23,24)25)21(20,13-17(3)4)14-18(5)6/h16-20H,9-15H2,1-8H3,(H,23,24,25). The van der Waals surface area contributed by atoms with Crippen LogP contribution < -0.4 is 0 Å². The molecule has 0 amide bonds. The van der Waals surface area contributed by atoms with E-state index in [9.17, 15) is 13.0 Å². The first-order valence-corrected chi connectivity index (χ1v) is 12.2. The van der Waals surface area contributed by atoms with E-state index in [-0.39, 0.29) is 11.3 Å². The Balaban J connectivity index is 3.72. The lowest BCUT2D eigenvalue weighted by Gasteiger charge is -2.58. The van der Waals surface area contributed by atoms with Crippen LogP contribution in [0, 0.1) is 35.0 Å². The van der Waals surface area contributed by atoms with Crippen molar-refractivity contribution in [2.45, 2.75) is 105 Å². The van der Waals surface area contributed by atoms with Crippen molar-refractivity contribution >= 4 is 10.1 Å². The SMILES string of the molecule is CC(C)CC1CCCC(CC(C)C)(S(=O)(=O)O)C1(CC(C)C)CC(C)C. The van der Waals surface area contributed by atoms with Gasteiger partial charge in [0, 0.05) is 0 Å². The normalized spacial score (nSPS) is 27.0. The van der Waals surface area contributed by atoms with Gasteiger partial charge in [-0.3, -0.25) is 4.55 Å².